The van der Waals surface area contributed by atoms with Crippen LogP contribution in [0.1, 0.15) is 17.5 Å². The zero-order valence-corrected chi connectivity index (χ0v) is 14.3. The smallest absolute Gasteiger partial charge is 0.226 e. The van der Waals surface area contributed by atoms with Gasteiger partial charge in [-0.1, -0.05) is 29.8 Å². The number of ether oxygens (including phenoxy) is 1. The Morgan fingerprint density at radius 2 is 1.87 bits per heavy atom. The number of rotatable bonds is 6. The quantitative estimate of drug-likeness (QED) is 0.824. The van der Waals surface area contributed by atoms with Crippen LogP contribution in [0, 0.1) is 13.8 Å². The number of anilines is 2. The Hall–Kier alpha value is -2.20. The van der Waals surface area contributed by atoms with Gasteiger partial charge in [0.2, 0.25) is 5.91 Å². The van der Waals surface area contributed by atoms with E-state index in [1.807, 2.05) is 6.07 Å². The van der Waals surface area contributed by atoms with Gasteiger partial charge in [0.25, 0.3) is 0 Å². The standard InChI is InChI=1S/C18H21ClN2O2/c1-12-5-4-6-13(2)18(12)20-10-9-17(22)21-14-7-8-16(23-3)15(19)11-14/h4-8,11,20H,9-10H2,1-3H3,(H,21,22). The van der Waals surface area contributed by atoms with Gasteiger partial charge in [0.1, 0.15) is 5.75 Å². The molecule has 2 aromatic rings. The van der Waals surface area contributed by atoms with Crippen LogP contribution in [0.15, 0.2) is 36.4 Å². The summed E-state index contributed by atoms with van der Waals surface area (Å²) in [4.78, 5) is 12.0. The van der Waals surface area contributed by atoms with Gasteiger partial charge in [0.05, 0.1) is 12.1 Å². The Kier molecular flexibility index (Phi) is 5.88. The van der Waals surface area contributed by atoms with E-state index >= 15 is 0 Å². The zero-order valence-electron chi connectivity index (χ0n) is 13.6. The number of carbonyl (C=O) groups is 1. The molecule has 2 N–H and O–H groups in total. The van der Waals surface area contributed by atoms with Gasteiger partial charge in [-0.3, -0.25) is 4.79 Å². The first-order valence-corrected chi connectivity index (χ1v) is 7.82. The predicted octanol–water partition coefficient (Wildman–Crippen LogP) is 4.41. The molecule has 1 amide bonds. The second kappa shape index (κ2) is 7.88. The van der Waals surface area contributed by atoms with Crippen molar-refractivity contribution in [2.24, 2.45) is 0 Å². The summed E-state index contributed by atoms with van der Waals surface area (Å²) in [5.41, 5.74) is 4.10. The summed E-state index contributed by atoms with van der Waals surface area (Å²) in [6.45, 7) is 4.67. The summed E-state index contributed by atoms with van der Waals surface area (Å²) in [5, 5.41) is 6.62. The number of methoxy groups -OCH3 is 1. The Labute approximate surface area is 141 Å². The highest BCUT2D eigenvalue weighted by Gasteiger charge is 2.07. The van der Waals surface area contributed by atoms with Gasteiger partial charge in [-0.2, -0.15) is 0 Å². The van der Waals surface area contributed by atoms with Crippen molar-refractivity contribution in [3.05, 3.63) is 52.5 Å². The lowest BCUT2D eigenvalue weighted by molar-refractivity contribution is -0.115. The van der Waals surface area contributed by atoms with Crippen molar-refractivity contribution in [1.82, 2.24) is 0 Å². The monoisotopic (exact) mass is 332 g/mol. The zero-order chi connectivity index (χ0) is 16.8. The molecule has 2 aromatic carbocycles. The van der Waals surface area contributed by atoms with E-state index in [0.717, 1.165) is 5.69 Å². The largest absolute Gasteiger partial charge is 0.495 e. The maximum Gasteiger partial charge on any atom is 0.226 e. The molecular weight excluding hydrogens is 312 g/mol. The highest BCUT2D eigenvalue weighted by molar-refractivity contribution is 6.32. The number of halogens is 1. The summed E-state index contributed by atoms with van der Waals surface area (Å²) < 4.78 is 5.09. The molecule has 0 aliphatic carbocycles. The van der Waals surface area contributed by atoms with Crippen LogP contribution in [-0.2, 0) is 4.79 Å². The Morgan fingerprint density at radius 3 is 2.48 bits per heavy atom. The van der Waals surface area contributed by atoms with Gasteiger partial charge >= 0.3 is 0 Å². The second-order valence-electron chi connectivity index (χ2n) is 5.34. The van der Waals surface area contributed by atoms with Crippen molar-refractivity contribution < 1.29 is 9.53 Å². The third-order valence-corrected chi connectivity index (χ3v) is 3.87. The number of carbonyl (C=O) groups excluding carboxylic acids is 1. The van der Waals surface area contributed by atoms with Gasteiger partial charge in [-0.05, 0) is 43.2 Å². The van der Waals surface area contributed by atoms with E-state index in [2.05, 4.69) is 36.6 Å². The predicted molar refractivity (Wildman–Crippen MR) is 95.7 cm³/mol. The molecule has 4 nitrogen and oxygen atoms in total. The summed E-state index contributed by atoms with van der Waals surface area (Å²) in [6, 6.07) is 11.3. The lowest BCUT2D eigenvalue weighted by atomic mass is 10.1. The van der Waals surface area contributed by atoms with Gasteiger partial charge in [0.15, 0.2) is 0 Å². The number of benzene rings is 2. The minimum Gasteiger partial charge on any atom is -0.495 e. The first-order valence-electron chi connectivity index (χ1n) is 7.44. The molecule has 0 saturated heterocycles. The Morgan fingerprint density at radius 1 is 1.17 bits per heavy atom. The molecule has 0 fully saturated rings. The number of hydrogen-bond donors (Lipinski definition) is 2. The van der Waals surface area contributed by atoms with Crippen molar-refractivity contribution >= 4 is 28.9 Å². The topological polar surface area (TPSA) is 50.4 Å². The lowest BCUT2D eigenvalue weighted by Gasteiger charge is -2.12. The average molecular weight is 333 g/mol. The Balaban J connectivity index is 1.87. The van der Waals surface area contributed by atoms with E-state index in [1.165, 1.54) is 11.1 Å². The van der Waals surface area contributed by atoms with Crippen LogP contribution in [0.25, 0.3) is 0 Å². The van der Waals surface area contributed by atoms with Crippen LogP contribution in [0.5, 0.6) is 5.75 Å². The van der Waals surface area contributed by atoms with Crippen LogP contribution in [0.2, 0.25) is 5.02 Å². The third kappa shape index (κ3) is 4.63. The lowest BCUT2D eigenvalue weighted by Crippen LogP contribution is -2.16. The van der Waals surface area contributed by atoms with E-state index in [0.29, 0.717) is 29.4 Å². The summed E-state index contributed by atoms with van der Waals surface area (Å²) >= 11 is 6.04. The molecule has 0 saturated carbocycles. The SMILES string of the molecule is COc1ccc(NC(=O)CCNc2c(C)cccc2C)cc1Cl. The molecule has 0 aliphatic rings. The number of amides is 1. The van der Waals surface area contributed by atoms with Crippen LogP contribution in [0.4, 0.5) is 11.4 Å². The first-order chi connectivity index (χ1) is 11.0. The molecule has 23 heavy (non-hydrogen) atoms. The molecule has 0 aliphatic heterocycles. The van der Waals surface area contributed by atoms with Crippen LogP contribution in [-0.4, -0.2) is 19.6 Å². The molecule has 0 heterocycles. The molecule has 0 aromatic heterocycles. The van der Waals surface area contributed by atoms with Crippen LogP contribution in [0.3, 0.4) is 0 Å². The number of aryl methyl sites for hydroxylation is 2. The van der Waals surface area contributed by atoms with Crippen LogP contribution < -0.4 is 15.4 Å². The van der Waals surface area contributed by atoms with Gasteiger partial charge < -0.3 is 15.4 Å². The van der Waals surface area contributed by atoms with Gasteiger partial charge in [0, 0.05) is 24.3 Å². The molecule has 0 spiro atoms. The van der Waals surface area contributed by atoms with E-state index in [4.69, 9.17) is 16.3 Å². The summed E-state index contributed by atoms with van der Waals surface area (Å²) in [7, 11) is 1.55. The molecule has 5 heteroatoms. The van der Waals surface area contributed by atoms with E-state index in [1.54, 1.807) is 25.3 Å². The number of nitrogens with one attached hydrogen (secondary N) is 2. The van der Waals surface area contributed by atoms with Crippen LogP contribution >= 0.6 is 11.6 Å². The maximum atomic E-state index is 12.0. The molecule has 0 radical (unpaired) electrons. The molecule has 0 bridgehead atoms. The van der Waals surface area contributed by atoms with Crippen molar-refractivity contribution in [2.75, 3.05) is 24.3 Å². The minimum absolute atomic E-state index is 0.0648. The van der Waals surface area contributed by atoms with Gasteiger partial charge in [-0.25, -0.2) is 0 Å². The van der Waals surface area contributed by atoms with Crippen molar-refractivity contribution in [3.63, 3.8) is 0 Å². The van der Waals surface area contributed by atoms with Crippen molar-refractivity contribution in [2.45, 2.75) is 20.3 Å². The molecular formula is C18H21ClN2O2. The molecule has 0 unspecified atom stereocenters. The molecule has 0 atom stereocenters. The summed E-state index contributed by atoms with van der Waals surface area (Å²) in [5.74, 6) is 0.520. The highest BCUT2D eigenvalue weighted by atomic mass is 35.5. The van der Waals surface area contributed by atoms with E-state index in [9.17, 15) is 4.79 Å². The average Bonchev–Trinajstić information content (AvgIpc) is 2.50. The first kappa shape index (κ1) is 17.2. The molecule has 122 valence electrons. The van der Waals surface area contributed by atoms with E-state index < -0.39 is 0 Å². The number of hydrogen-bond acceptors (Lipinski definition) is 3. The van der Waals surface area contributed by atoms with Crippen molar-refractivity contribution in [1.29, 1.82) is 0 Å². The minimum atomic E-state index is -0.0648. The number of para-hydroxylation sites is 1. The van der Waals surface area contributed by atoms with Crippen molar-refractivity contribution in [3.8, 4) is 5.75 Å². The third-order valence-electron chi connectivity index (χ3n) is 3.57. The Bertz CT molecular complexity index is 681. The fourth-order valence-electron chi connectivity index (χ4n) is 2.36. The van der Waals surface area contributed by atoms with E-state index in [-0.39, 0.29) is 5.91 Å². The normalized spacial score (nSPS) is 10.3. The highest BCUT2D eigenvalue weighted by Crippen LogP contribution is 2.27. The molecule has 2 rings (SSSR count). The fourth-order valence-corrected chi connectivity index (χ4v) is 2.62. The second-order valence-corrected chi connectivity index (χ2v) is 5.75. The maximum absolute atomic E-state index is 12.0. The summed E-state index contributed by atoms with van der Waals surface area (Å²) in [6.07, 6.45) is 0.372. The fraction of sp³-hybridized carbons (Fsp3) is 0.278. The van der Waals surface area contributed by atoms with Gasteiger partial charge in [-0.15, -0.1) is 0 Å².